The van der Waals surface area contributed by atoms with E-state index < -0.39 is 17.9 Å². The Morgan fingerprint density at radius 2 is 1.61 bits per heavy atom. The molecule has 2 aromatic carbocycles. The molecule has 0 bridgehead atoms. The van der Waals surface area contributed by atoms with Gasteiger partial charge in [0.25, 0.3) is 0 Å². The fraction of sp³-hybridized carbons (Fsp3) is 0.333. The van der Waals surface area contributed by atoms with Crippen LogP contribution in [0.2, 0.25) is 0 Å². The summed E-state index contributed by atoms with van der Waals surface area (Å²) < 4.78 is 15.6. The summed E-state index contributed by atoms with van der Waals surface area (Å²) in [6, 6.07) is 10.9. The molecule has 0 saturated heterocycles. The number of hydrogen-bond acceptors (Lipinski definition) is 5. The number of rotatable bonds is 9. The van der Waals surface area contributed by atoms with Gasteiger partial charge < -0.3 is 24.6 Å². The maximum Gasteiger partial charge on any atom is 0.330 e. The molecule has 2 atom stereocenters. The lowest BCUT2D eigenvalue weighted by Crippen LogP contribution is -2.37. The summed E-state index contributed by atoms with van der Waals surface area (Å²) in [4.78, 5) is 24.2. The van der Waals surface area contributed by atoms with Gasteiger partial charge in [-0.3, -0.25) is 4.79 Å². The zero-order chi connectivity index (χ0) is 20.7. The van der Waals surface area contributed by atoms with E-state index in [4.69, 9.17) is 14.2 Å². The molecule has 2 unspecified atom stereocenters. The van der Waals surface area contributed by atoms with E-state index in [0.717, 1.165) is 5.56 Å². The van der Waals surface area contributed by atoms with Gasteiger partial charge >= 0.3 is 5.97 Å². The number of carbonyl (C=O) groups is 2. The number of hydrogen-bond donors (Lipinski definition) is 2. The van der Waals surface area contributed by atoms with Gasteiger partial charge in [-0.05, 0) is 41.8 Å². The lowest BCUT2D eigenvalue weighted by molar-refractivity contribution is -0.142. The van der Waals surface area contributed by atoms with Crippen LogP contribution in [0.4, 0.5) is 0 Å². The summed E-state index contributed by atoms with van der Waals surface area (Å²) in [7, 11) is 4.63. The standard InChI is InChI=1S/C21H25NO6/c1-13(11-14-5-10-17(27-3)18(12-14)28-4)20(23)22-19(21(24)25)15-6-8-16(26-2)9-7-15/h5-10,12-13,19H,11H2,1-4H3,(H,22,23)(H,24,25). The fourth-order valence-electron chi connectivity index (χ4n) is 2.82. The van der Waals surface area contributed by atoms with Crippen molar-refractivity contribution in [2.45, 2.75) is 19.4 Å². The number of benzene rings is 2. The van der Waals surface area contributed by atoms with E-state index in [9.17, 15) is 14.7 Å². The molecule has 0 heterocycles. The number of nitrogens with one attached hydrogen (secondary N) is 1. The van der Waals surface area contributed by atoms with Crippen molar-refractivity contribution >= 4 is 11.9 Å². The third kappa shape index (κ3) is 5.16. The number of aliphatic carboxylic acids is 1. The van der Waals surface area contributed by atoms with Gasteiger partial charge in [0.1, 0.15) is 5.75 Å². The number of methoxy groups -OCH3 is 3. The van der Waals surface area contributed by atoms with E-state index in [1.807, 2.05) is 6.07 Å². The minimum Gasteiger partial charge on any atom is -0.497 e. The van der Waals surface area contributed by atoms with Crippen molar-refractivity contribution in [2.75, 3.05) is 21.3 Å². The topological polar surface area (TPSA) is 94.1 Å². The highest BCUT2D eigenvalue weighted by Crippen LogP contribution is 2.28. The summed E-state index contributed by atoms with van der Waals surface area (Å²) >= 11 is 0. The molecule has 0 aliphatic carbocycles. The molecule has 2 rings (SSSR count). The molecule has 7 heteroatoms. The third-order valence-corrected chi connectivity index (χ3v) is 4.42. The van der Waals surface area contributed by atoms with Gasteiger partial charge in [-0.2, -0.15) is 0 Å². The Bertz CT molecular complexity index is 818. The first-order chi connectivity index (χ1) is 13.4. The van der Waals surface area contributed by atoms with E-state index in [1.165, 1.54) is 7.11 Å². The number of carboxylic acid groups (broad SMARTS) is 1. The molecular weight excluding hydrogens is 362 g/mol. The van der Waals surface area contributed by atoms with Crippen molar-refractivity contribution in [3.05, 3.63) is 53.6 Å². The molecule has 0 aromatic heterocycles. The molecule has 2 N–H and O–H groups in total. The largest absolute Gasteiger partial charge is 0.497 e. The van der Waals surface area contributed by atoms with Gasteiger partial charge in [0, 0.05) is 5.92 Å². The second-order valence-electron chi connectivity index (χ2n) is 6.35. The van der Waals surface area contributed by atoms with Crippen molar-refractivity contribution in [3.63, 3.8) is 0 Å². The highest BCUT2D eigenvalue weighted by Gasteiger charge is 2.25. The van der Waals surface area contributed by atoms with Crippen LogP contribution < -0.4 is 19.5 Å². The molecule has 7 nitrogen and oxygen atoms in total. The summed E-state index contributed by atoms with van der Waals surface area (Å²) in [5.74, 6) is -0.114. The maximum absolute atomic E-state index is 12.6. The van der Waals surface area contributed by atoms with E-state index in [0.29, 0.717) is 29.2 Å². The molecule has 28 heavy (non-hydrogen) atoms. The van der Waals surface area contributed by atoms with E-state index >= 15 is 0 Å². The summed E-state index contributed by atoms with van der Waals surface area (Å²) in [6.45, 7) is 1.75. The third-order valence-electron chi connectivity index (χ3n) is 4.42. The highest BCUT2D eigenvalue weighted by atomic mass is 16.5. The zero-order valence-electron chi connectivity index (χ0n) is 16.4. The monoisotopic (exact) mass is 387 g/mol. The highest BCUT2D eigenvalue weighted by molar-refractivity contribution is 5.85. The Labute approximate surface area is 164 Å². The molecule has 0 fully saturated rings. The van der Waals surface area contributed by atoms with Crippen LogP contribution in [0.5, 0.6) is 17.2 Å². The Morgan fingerprint density at radius 3 is 2.14 bits per heavy atom. The van der Waals surface area contributed by atoms with Gasteiger partial charge in [-0.25, -0.2) is 4.79 Å². The van der Waals surface area contributed by atoms with E-state index in [1.54, 1.807) is 57.5 Å². The van der Waals surface area contributed by atoms with Crippen molar-refractivity contribution in [2.24, 2.45) is 5.92 Å². The first-order valence-electron chi connectivity index (χ1n) is 8.77. The lowest BCUT2D eigenvalue weighted by atomic mass is 9.98. The molecule has 0 radical (unpaired) electrons. The van der Waals surface area contributed by atoms with Crippen molar-refractivity contribution < 1.29 is 28.9 Å². The molecule has 2 aromatic rings. The molecule has 0 aliphatic heterocycles. The van der Waals surface area contributed by atoms with Crippen LogP contribution in [0.25, 0.3) is 0 Å². The SMILES string of the molecule is COc1ccc(C(NC(=O)C(C)Cc2ccc(OC)c(OC)c2)C(=O)O)cc1. The maximum atomic E-state index is 12.6. The summed E-state index contributed by atoms with van der Waals surface area (Å²) in [5, 5.41) is 12.1. The van der Waals surface area contributed by atoms with Crippen LogP contribution in [0.15, 0.2) is 42.5 Å². The van der Waals surface area contributed by atoms with Crippen molar-refractivity contribution in [3.8, 4) is 17.2 Å². The molecule has 0 saturated carbocycles. The van der Waals surface area contributed by atoms with Gasteiger partial charge in [-0.15, -0.1) is 0 Å². The summed E-state index contributed by atoms with van der Waals surface area (Å²) in [6.07, 6.45) is 0.432. The minimum absolute atomic E-state index is 0.349. The number of carboxylic acids is 1. The average Bonchev–Trinajstić information content (AvgIpc) is 2.71. The molecule has 150 valence electrons. The zero-order valence-corrected chi connectivity index (χ0v) is 16.4. The minimum atomic E-state index is -1.13. The number of amides is 1. The van der Waals surface area contributed by atoms with Crippen LogP contribution in [-0.2, 0) is 16.0 Å². The number of ether oxygens (including phenoxy) is 3. The second-order valence-corrected chi connectivity index (χ2v) is 6.35. The first-order valence-corrected chi connectivity index (χ1v) is 8.77. The summed E-state index contributed by atoms with van der Waals surface area (Å²) in [5.41, 5.74) is 1.36. The fourth-order valence-corrected chi connectivity index (χ4v) is 2.82. The van der Waals surface area contributed by atoms with Crippen LogP contribution in [0.3, 0.4) is 0 Å². The Morgan fingerprint density at radius 1 is 0.964 bits per heavy atom. The molecule has 0 spiro atoms. The molecule has 1 amide bonds. The van der Waals surface area contributed by atoms with E-state index in [2.05, 4.69) is 5.32 Å². The van der Waals surface area contributed by atoms with Crippen LogP contribution in [-0.4, -0.2) is 38.3 Å². The van der Waals surface area contributed by atoms with Crippen molar-refractivity contribution in [1.29, 1.82) is 0 Å². The van der Waals surface area contributed by atoms with Gasteiger partial charge in [0.15, 0.2) is 17.5 Å². The van der Waals surface area contributed by atoms with Crippen LogP contribution >= 0.6 is 0 Å². The average molecular weight is 387 g/mol. The molecular formula is C21H25NO6. The van der Waals surface area contributed by atoms with Gasteiger partial charge in [0.05, 0.1) is 21.3 Å². The Hall–Kier alpha value is -3.22. The quantitative estimate of drug-likeness (QED) is 0.687. The second kappa shape index (κ2) is 9.64. The normalized spacial score (nSPS) is 12.6. The van der Waals surface area contributed by atoms with Crippen molar-refractivity contribution in [1.82, 2.24) is 5.32 Å². The van der Waals surface area contributed by atoms with E-state index in [-0.39, 0.29) is 5.91 Å². The predicted octanol–water partition coefficient (Wildman–Crippen LogP) is 2.83. The van der Waals surface area contributed by atoms with Crippen LogP contribution in [0.1, 0.15) is 24.1 Å². The smallest absolute Gasteiger partial charge is 0.330 e. The van der Waals surface area contributed by atoms with Gasteiger partial charge in [-0.1, -0.05) is 25.1 Å². The number of carbonyl (C=O) groups excluding carboxylic acids is 1. The van der Waals surface area contributed by atoms with Crippen LogP contribution in [0, 0.1) is 5.92 Å². The lowest BCUT2D eigenvalue weighted by Gasteiger charge is -2.19. The Kier molecular flexibility index (Phi) is 7.26. The Balaban J connectivity index is 2.09. The predicted molar refractivity (Wildman–Crippen MR) is 104 cm³/mol. The first kappa shape index (κ1) is 21.1. The van der Waals surface area contributed by atoms with Gasteiger partial charge in [0.2, 0.25) is 5.91 Å². The molecule has 0 aliphatic rings.